The molecule has 0 spiro atoms. The van der Waals surface area contributed by atoms with Gasteiger partial charge in [0.2, 0.25) is 5.88 Å². The Bertz CT molecular complexity index is 651. The molecular formula is C12H11N3O. The van der Waals surface area contributed by atoms with Gasteiger partial charge in [-0.05, 0) is 6.07 Å². The van der Waals surface area contributed by atoms with E-state index in [0.717, 1.165) is 22.0 Å². The van der Waals surface area contributed by atoms with Gasteiger partial charge in [-0.15, -0.1) is 0 Å². The average molecular weight is 213 g/mol. The molecule has 0 radical (unpaired) electrons. The Morgan fingerprint density at radius 2 is 2.06 bits per heavy atom. The van der Waals surface area contributed by atoms with Crippen LogP contribution in [-0.4, -0.2) is 9.72 Å². The third-order valence-corrected chi connectivity index (χ3v) is 2.79. The summed E-state index contributed by atoms with van der Waals surface area (Å²) in [4.78, 5) is 0. The maximum absolute atomic E-state index is 5.73. The second-order valence-electron chi connectivity index (χ2n) is 3.77. The molecule has 2 aromatic heterocycles. The largest absolute Gasteiger partial charge is 0.367 e. The van der Waals surface area contributed by atoms with Crippen molar-refractivity contribution < 1.29 is 4.52 Å². The highest BCUT2D eigenvalue weighted by Gasteiger charge is 2.13. The van der Waals surface area contributed by atoms with Crippen molar-refractivity contribution in [3.05, 3.63) is 36.7 Å². The van der Waals surface area contributed by atoms with Crippen molar-refractivity contribution in [2.24, 2.45) is 7.05 Å². The quantitative estimate of drug-likeness (QED) is 0.675. The van der Waals surface area contributed by atoms with Crippen LogP contribution in [-0.2, 0) is 7.05 Å². The molecule has 0 aliphatic rings. The van der Waals surface area contributed by atoms with Gasteiger partial charge in [-0.1, -0.05) is 23.4 Å². The summed E-state index contributed by atoms with van der Waals surface area (Å²) in [6.45, 7) is 0. The van der Waals surface area contributed by atoms with Gasteiger partial charge in [-0.25, -0.2) is 0 Å². The Kier molecular flexibility index (Phi) is 1.77. The Labute approximate surface area is 92.3 Å². The van der Waals surface area contributed by atoms with Crippen LogP contribution in [0.4, 0.5) is 5.88 Å². The highest BCUT2D eigenvalue weighted by atomic mass is 16.5. The molecule has 80 valence electrons. The molecule has 0 unspecified atom stereocenters. The molecule has 0 atom stereocenters. The molecule has 0 bridgehead atoms. The van der Waals surface area contributed by atoms with E-state index in [1.165, 1.54) is 0 Å². The van der Waals surface area contributed by atoms with Crippen LogP contribution in [0.2, 0.25) is 0 Å². The van der Waals surface area contributed by atoms with E-state index >= 15 is 0 Å². The third-order valence-electron chi connectivity index (χ3n) is 2.79. The van der Waals surface area contributed by atoms with E-state index in [9.17, 15) is 0 Å². The van der Waals surface area contributed by atoms with Gasteiger partial charge in [0.15, 0.2) is 0 Å². The van der Waals surface area contributed by atoms with E-state index in [4.69, 9.17) is 10.3 Å². The fourth-order valence-corrected chi connectivity index (χ4v) is 2.01. The zero-order valence-electron chi connectivity index (χ0n) is 8.84. The van der Waals surface area contributed by atoms with Crippen molar-refractivity contribution in [1.82, 2.24) is 9.72 Å². The number of aryl methyl sites for hydroxylation is 1. The zero-order valence-corrected chi connectivity index (χ0v) is 8.84. The summed E-state index contributed by atoms with van der Waals surface area (Å²) in [6.07, 6.45) is 3.69. The first-order chi connectivity index (χ1) is 7.77. The molecule has 2 N–H and O–H groups in total. The van der Waals surface area contributed by atoms with Gasteiger partial charge in [-0.2, -0.15) is 0 Å². The number of aromatic nitrogens is 2. The molecule has 3 rings (SSSR count). The Balaban J connectivity index is 2.37. The molecule has 0 saturated heterocycles. The van der Waals surface area contributed by atoms with Crippen molar-refractivity contribution in [3.8, 4) is 11.1 Å². The van der Waals surface area contributed by atoms with Crippen LogP contribution in [0.15, 0.2) is 41.2 Å². The number of nitrogens with two attached hydrogens (primary N) is 1. The van der Waals surface area contributed by atoms with Crippen LogP contribution in [0.5, 0.6) is 0 Å². The van der Waals surface area contributed by atoms with Crippen LogP contribution in [0.3, 0.4) is 0 Å². The maximum Gasteiger partial charge on any atom is 0.230 e. The number of hydrogen-bond donors (Lipinski definition) is 1. The van der Waals surface area contributed by atoms with E-state index in [-0.39, 0.29) is 0 Å². The average Bonchev–Trinajstić information content (AvgIpc) is 2.84. The number of anilines is 1. The first-order valence-corrected chi connectivity index (χ1v) is 5.02. The highest BCUT2D eigenvalue weighted by Crippen LogP contribution is 2.33. The van der Waals surface area contributed by atoms with Crippen LogP contribution >= 0.6 is 0 Å². The minimum Gasteiger partial charge on any atom is -0.367 e. The fraction of sp³-hybridized carbons (Fsp3) is 0.0833. The summed E-state index contributed by atoms with van der Waals surface area (Å²) < 4.78 is 6.96. The number of nitrogen functional groups attached to an aromatic ring is 1. The van der Waals surface area contributed by atoms with E-state index < -0.39 is 0 Å². The Morgan fingerprint density at radius 1 is 1.25 bits per heavy atom. The van der Waals surface area contributed by atoms with E-state index in [1.54, 1.807) is 6.20 Å². The lowest BCUT2D eigenvalue weighted by Crippen LogP contribution is -1.83. The molecule has 4 nitrogen and oxygen atoms in total. The summed E-state index contributed by atoms with van der Waals surface area (Å²) >= 11 is 0. The zero-order chi connectivity index (χ0) is 11.1. The highest BCUT2D eigenvalue weighted by molar-refractivity contribution is 5.97. The molecular weight excluding hydrogens is 202 g/mol. The number of nitrogens with zero attached hydrogens (tertiary/aromatic N) is 2. The Morgan fingerprint density at radius 3 is 2.81 bits per heavy atom. The number of rotatable bonds is 1. The summed E-state index contributed by atoms with van der Waals surface area (Å²) in [6, 6.07) is 8.16. The lowest BCUT2D eigenvalue weighted by atomic mass is 10.1. The molecule has 1 aromatic carbocycles. The molecule has 0 aliphatic carbocycles. The topological polar surface area (TPSA) is 57.0 Å². The first-order valence-electron chi connectivity index (χ1n) is 5.02. The van der Waals surface area contributed by atoms with Gasteiger partial charge in [-0.3, -0.25) is 0 Å². The lowest BCUT2D eigenvalue weighted by molar-refractivity contribution is 0.436. The molecule has 3 aromatic rings. The van der Waals surface area contributed by atoms with E-state index in [0.29, 0.717) is 5.88 Å². The summed E-state index contributed by atoms with van der Waals surface area (Å²) in [5.41, 5.74) is 8.80. The molecule has 0 amide bonds. The summed E-state index contributed by atoms with van der Waals surface area (Å²) in [7, 11) is 2.01. The van der Waals surface area contributed by atoms with Crippen LogP contribution in [0, 0.1) is 0 Å². The number of hydrogen-bond acceptors (Lipinski definition) is 3. The van der Waals surface area contributed by atoms with Crippen molar-refractivity contribution >= 4 is 16.8 Å². The van der Waals surface area contributed by atoms with Gasteiger partial charge in [0.05, 0.1) is 11.8 Å². The SMILES string of the molecule is Cn1cc(-c2cnoc2N)c2ccccc21. The van der Waals surface area contributed by atoms with Gasteiger partial charge in [0.25, 0.3) is 0 Å². The second kappa shape index (κ2) is 3.13. The monoisotopic (exact) mass is 213 g/mol. The number of fused-ring (bicyclic) bond motifs is 1. The third kappa shape index (κ3) is 1.13. The fourth-order valence-electron chi connectivity index (χ4n) is 2.01. The van der Waals surface area contributed by atoms with Crippen molar-refractivity contribution in [3.63, 3.8) is 0 Å². The molecule has 2 heterocycles. The molecule has 0 saturated carbocycles. The van der Waals surface area contributed by atoms with Gasteiger partial charge < -0.3 is 14.8 Å². The number of para-hydroxylation sites is 1. The molecule has 0 fully saturated rings. The molecule has 16 heavy (non-hydrogen) atoms. The Hall–Kier alpha value is -2.23. The molecule has 0 aliphatic heterocycles. The predicted octanol–water partition coefficient (Wildman–Crippen LogP) is 2.42. The van der Waals surface area contributed by atoms with E-state index in [2.05, 4.69) is 21.9 Å². The van der Waals surface area contributed by atoms with Crippen molar-refractivity contribution in [2.75, 3.05) is 5.73 Å². The van der Waals surface area contributed by atoms with Crippen molar-refractivity contribution in [2.45, 2.75) is 0 Å². The van der Waals surface area contributed by atoms with Gasteiger partial charge in [0, 0.05) is 29.7 Å². The predicted molar refractivity (Wildman–Crippen MR) is 62.8 cm³/mol. The van der Waals surface area contributed by atoms with Crippen molar-refractivity contribution in [1.29, 1.82) is 0 Å². The van der Waals surface area contributed by atoms with Crippen LogP contribution in [0.25, 0.3) is 22.0 Å². The van der Waals surface area contributed by atoms with E-state index in [1.807, 2.05) is 25.4 Å². The van der Waals surface area contributed by atoms with Gasteiger partial charge >= 0.3 is 0 Å². The molecule has 4 heteroatoms. The van der Waals surface area contributed by atoms with Crippen LogP contribution < -0.4 is 5.73 Å². The smallest absolute Gasteiger partial charge is 0.230 e. The van der Waals surface area contributed by atoms with Crippen LogP contribution in [0.1, 0.15) is 0 Å². The maximum atomic E-state index is 5.73. The normalized spacial score (nSPS) is 11.1. The summed E-state index contributed by atoms with van der Waals surface area (Å²) in [5.74, 6) is 0.358. The summed E-state index contributed by atoms with van der Waals surface area (Å²) in [5, 5.41) is 4.86. The second-order valence-corrected chi connectivity index (χ2v) is 3.77. The standard InChI is InChI=1S/C12H11N3O/c1-15-7-10(9-6-14-16-12(9)13)8-4-2-3-5-11(8)15/h2-7H,13H2,1H3. The number of benzene rings is 1. The van der Waals surface area contributed by atoms with Gasteiger partial charge in [0.1, 0.15) is 0 Å². The minimum atomic E-state index is 0.358. The lowest BCUT2D eigenvalue weighted by Gasteiger charge is -1.94. The minimum absolute atomic E-state index is 0.358. The first kappa shape index (κ1) is 9.03.